The Morgan fingerprint density at radius 3 is 2.42 bits per heavy atom. The minimum atomic E-state index is -4.47. The van der Waals surface area contributed by atoms with Crippen LogP contribution in [0.4, 0.5) is 13.2 Å². The average molecular weight is 355 g/mol. The number of nitrogens with zero attached hydrogens (tertiary/aromatic N) is 4. The topological polar surface area (TPSA) is 78.2 Å². The van der Waals surface area contributed by atoms with E-state index < -0.39 is 11.9 Å². The summed E-state index contributed by atoms with van der Waals surface area (Å²) in [7, 11) is 0. The lowest BCUT2D eigenvalue weighted by atomic mass is 9.96. The van der Waals surface area contributed by atoms with Crippen molar-refractivity contribution in [2.75, 3.05) is 0 Å². The highest BCUT2D eigenvalue weighted by atomic mass is 19.4. The maximum absolute atomic E-state index is 12.7. The summed E-state index contributed by atoms with van der Waals surface area (Å²) < 4.78 is 38.2. The summed E-state index contributed by atoms with van der Waals surface area (Å²) in [5, 5.41) is 19.4. The second-order valence-corrected chi connectivity index (χ2v) is 6.18. The van der Waals surface area contributed by atoms with Crippen molar-refractivity contribution in [1.29, 1.82) is 5.26 Å². The summed E-state index contributed by atoms with van der Waals surface area (Å²) in [6.07, 6.45) is -1.12. The summed E-state index contributed by atoms with van der Waals surface area (Å²) in [6.45, 7) is 0. The van der Waals surface area contributed by atoms with E-state index in [-0.39, 0.29) is 5.69 Å². The fourth-order valence-electron chi connectivity index (χ4n) is 2.85. The maximum Gasteiger partial charge on any atom is 0.433 e. The third kappa shape index (κ3) is 3.04. The van der Waals surface area contributed by atoms with E-state index in [9.17, 15) is 13.2 Å². The fourth-order valence-corrected chi connectivity index (χ4v) is 2.85. The van der Waals surface area contributed by atoms with E-state index in [1.807, 2.05) is 18.2 Å². The number of alkyl halides is 3. The average Bonchev–Trinajstić information content (AvgIpc) is 3.38. The molecule has 0 atom stereocenters. The summed E-state index contributed by atoms with van der Waals surface area (Å²) in [5.41, 5.74) is 2.76. The van der Waals surface area contributed by atoms with Gasteiger partial charge in [0.25, 0.3) is 0 Å². The molecular weight excluding hydrogens is 343 g/mol. The van der Waals surface area contributed by atoms with Crippen LogP contribution in [0, 0.1) is 11.3 Å². The van der Waals surface area contributed by atoms with Crippen LogP contribution >= 0.6 is 0 Å². The van der Waals surface area contributed by atoms with Gasteiger partial charge in [-0.05, 0) is 48.1 Å². The van der Waals surface area contributed by atoms with Crippen LogP contribution in [-0.4, -0.2) is 20.4 Å². The fraction of sp³-hybridized carbons (Fsp3) is 0.222. The smallest absolute Gasteiger partial charge is 0.251 e. The molecule has 130 valence electrons. The molecule has 1 saturated carbocycles. The zero-order valence-corrected chi connectivity index (χ0v) is 13.4. The molecule has 0 bridgehead atoms. The van der Waals surface area contributed by atoms with Gasteiger partial charge in [0.05, 0.1) is 0 Å². The minimum absolute atomic E-state index is 0.175. The number of nitriles is 1. The molecule has 0 radical (unpaired) electrons. The van der Waals surface area contributed by atoms with Gasteiger partial charge < -0.3 is 0 Å². The van der Waals surface area contributed by atoms with Gasteiger partial charge in [-0.25, -0.2) is 0 Å². The number of H-pyrrole nitrogens is 1. The van der Waals surface area contributed by atoms with Crippen molar-refractivity contribution in [3.8, 4) is 28.5 Å². The van der Waals surface area contributed by atoms with Crippen molar-refractivity contribution in [2.45, 2.75) is 24.9 Å². The molecule has 0 unspecified atom stereocenters. The van der Waals surface area contributed by atoms with E-state index in [2.05, 4.69) is 20.4 Å². The SMILES string of the molecule is N#Cc1n[nH]nc1-c1cc(-c2ccc(C(F)(F)F)nc2)cc(C2CC2)c1. The molecule has 1 N–H and O–H groups in total. The molecule has 0 saturated heterocycles. The summed E-state index contributed by atoms with van der Waals surface area (Å²) in [5.74, 6) is 0.425. The van der Waals surface area contributed by atoms with Crippen molar-refractivity contribution in [2.24, 2.45) is 0 Å². The highest BCUT2D eigenvalue weighted by Crippen LogP contribution is 2.43. The number of aromatic nitrogens is 4. The highest BCUT2D eigenvalue weighted by Gasteiger charge is 2.32. The first-order valence-corrected chi connectivity index (χ1v) is 7.95. The third-order valence-electron chi connectivity index (χ3n) is 4.32. The van der Waals surface area contributed by atoms with Crippen molar-refractivity contribution < 1.29 is 13.2 Å². The zero-order chi connectivity index (χ0) is 18.3. The van der Waals surface area contributed by atoms with E-state index in [1.54, 1.807) is 6.07 Å². The molecule has 4 rings (SSSR count). The lowest BCUT2D eigenvalue weighted by Crippen LogP contribution is -2.07. The summed E-state index contributed by atoms with van der Waals surface area (Å²) in [6, 6.07) is 10.0. The molecule has 0 spiro atoms. The Morgan fingerprint density at radius 2 is 1.81 bits per heavy atom. The van der Waals surface area contributed by atoms with Gasteiger partial charge >= 0.3 is 6.18 Å². The van der Waals surface area contributed by atoms with Crippen molar-refractivity contribution >= 4 is 0 Å². The largest absolute Gasteiger partial charge is 0.433 e. The standard InChI is InChI=1S/C18H12F3N5/c19-18(20,21)16-4-3-11(9-23-16)13-5-12(10-1-2-10)6-14(7-13)17-15(8-22)24-26-25-17/h3-7,9-10H,1-2H2,(H,24,25,26). The van der Waals surface area contributed by atoms with Gasteiger partial charge in [-0.15, -0.1) is 5.10 Å². The molecule has 3 aromatic rings. The quantitative estimate of drug-likeness (QED) is 0.760. The monoisotopic (exact) mass is 355 g/mol. The van der Waals surface area contributed by atoms with Crippen LogP contribution in [0.25, 0.3) is 22.4 Å². The summed E-state index contributed by atoms with van der Waals surface area (Å²) in [4.78, 5) is 3.53. The second-order valence-electron chi connectivity index (χ2n) is 6.18. The van der Waals surface area contributed by atoms with Crippen molar-refractivity contribution in [1.82, 2.24) is 20.4 Å². The number of nitrogens with one attached hydrogen (secondary N) is 1. The normalized spacial score (nSPS) is 14.2. The Morgan fingerprint density at radius 1 is 1.04 bits per heavy atom. The van der Waals surface area contributed by atoms with E-state index in [0.29, 0.717) is 22.7 Å². The number of hydrogen-bond acceptors (Lipinski definition) is 4. The van der Waals surface area contributed by atoms with Gasteiger partial charge in [-0.3, -0.25) is 4.98 Å². The number of pyridine rings is 1. The number of hydrogen-bond donors (Lipinski definition) is 1. The Hall–Kier alpha value is -3.21. The molecule has 0 aliphatic heterocycles. The lowest BCUT2D eigenvalue weighted by Gasteiger charge is -2.10. The first-order valence-electron chi connectivity index (χ1n) is 7.95. The number of aromatic amines is 1. The number of rotatable bonds is 3. The van der Waals surface area contributed by atoms with Crippen LogP contribution in [0.15, 0.2) is 36.5 Å². The van der Waals surface area contributed by atoms with Gasteiger partial charge in [-0.1, -0.05) is 12.1 Å². The first kappa shape index (κ1) is 16.3. The Labute approximate surface area is 146 Å². The Kier molecular flexibility index (Phi) is 3.72. The maximum atomic E-state index is 12.7. The first-order chi connectivity index (χ1) is 12.5. The molecule has 1 fully saturated rings. The predicted octanol–water partition coefficient (Wildman–Crippen LogP) is 4.30. The lowest BCUT2D eigenvalue weighted by molar-refractivity contribution is -0.141. The van der Waals surface area contributed by atoms with Crippen LogP contribution in [0.2, 0.25) is 0 Å². The van der Waals surface area contributed by atoms with Crippen molar-refractivity contribution in [3.05, 3.63) is 53.5 Å². The molecule has 8 heteroatoms. The Balaban J connectivity index is 1.80. The Bertz CT molecular complexity index is 995. The molecule has 5 nitrogen and oxygen atoms in total. The molecule has 1 aliphatic rings. The zero-order valence-electron chi connectivity index (χ0n) is 13.4. The third-order valence-corrected chi connectivity index (χ3v) is 4.32. The van der Waals surface area contributed by atoms with Gasteiger partial charge in [0.2, 0.25) is 0 Å². The van der Waals surface area contributed by atoms with Crippen LogP contribution < -0.4 is 0 Å². The molecule has 1 aromatic carbocycles. The van der Waals surface area contributed by atoms with Gasteiger partial charge in [0.15, 0.2) is 5.69 Å². The van der Waals surface area contributed by atoms with Crippen molar-refractivity contribution in [3.63, 3.8) is 0 Å². The van der Waals surface area contributed by atoms with E-state index in [1.165, 1.54) is 12.3 Å². The van der Waals surface area contributed by atoms with Crippen LogP contribution in [0.3, 0.4) is 0 Å². The highest BCUT2D eigenvalue weighted by molar-refractivity contribution is 5.74. The van der Waals surface area contributed by atoms with E-state index in [0.717, 1.165) is 30.0 Å². The predicted molar refractivity (Wildman–Crippen MR) is 86.7 cm³/mol. The number of halogens is 3. The van der Waals surface area contributed by atoms with Gasteiger partial charge in [0.1, 0.15) is 17.5 Å². The molecule has 26 heavy (non-hydrogen) atoms. The summed E-state index contributed by atoms with van der Waals surface area (Å²) >= 11 is 0. The molecule has 2 aromatic heterocycles. The molecule has 1 aliphatic carbocycles. The number of benzene rings is 1. The van der Waals surface area contributed by atoms with E-state index >= 15 is 0 Å². The van der Waals surface area contributed by atoms with Crippen LogP contribution in [0.5, 0.6) is 0 Å². The van der Waals surface area contributed by atoms with Crippen LogP contribution in [0.1, 0.15) is 35.7 Å². The molecule has 2 heterocycles. The van der Waals surface area contributed by atoms with Gasteiger partial charge in [-0.2, -0.15) is 28.7 Å². The molecule has 0 amide bonds. The second kappa shape index (κ2) is 5.95. The molecular formula is C18H12F3N5. The van der Waals surface area contributed by atoms with Crippen LogP contribution in [-0.2, 0) is 6.18 Å². The minimum Gasteiger partial charge on any atom is -0.251 e. The van der Waals surface area contributed by atoms with E-state index in [4.69, 9.17) is 5.26 Å². The van der Waals surface area contributed by atoms with Gasteiger partial charge in [0, 0.05) is 17.3 Å².